The molecular formula is C22H29N3O3. The molecule has 0 N–H and O–H groups in total. The normalized spacial score (nSPS) is 20.5. The monoisotopic (exact) mass is 383 g/mol. The number of methoxy groups -OCH3 is 1. The standard InChI is InChI=1S/C22H29N3O3/c1-27-19-8-4-6-17(12-19)13-20-14-23-22(28-20)18-7-5-11-25(15-18)21(26)16-24-9-2-3-10-24/h4,6,8,12,14,18H,2-3,5,7,9-11,13,15-16H2,1H3/t18-/m0/s1. The number of carbonyl (C=O) groups excluding carboxylic acids is 1. The number of benzene rings is 1. The van der Waals surface area contributed by atoms with Crippen molar-refractivity contribution in [1.29, 1.82) is 0 Å². The summed E-state index contributed by atoms with van der Waals surface area (Å²) in [6.45, 7) is 4.22. The Morgan fingerprint density at radius 3 is 2.93 bits per heavy atom. The zero-order chi connectivity index (χ0) is 19.3. The van der Waals surface area contributed by atoms with Crippen molar-refractivity contribution in [3.8, 4) is 5.75 Å². The van der Waals surface area contributed by atoms with Crippen LogP contribution in [0.2, 0.25) is 0 Å². The molecule has 0 aliphatic carbocycles. The Kier molecular flexibility index (Phi) is 5.95. The summed E-state index contributed by atoms with van der Waals surface area (Å²) in [5.74, 6) is 2.89. The van der Waals surface area contributed by atoms with Crippen LogP contribution < -0.4 is 4.74 Å². The van der Waals surface area contributed by atoms with Crippen LogP contribution in [0.3, 0.4) is 0 Å². The summed E-state index contributed by atoms with van der Waals surface area (Å²) in [6.07, 6.45) is 6.95. The quantitative estimate of drug-likeness (QED) is 0.767. The van der Waals surface area contributed by atoms with E-state index in [9.17, 15) is 4.79 Å². The number of hydrogen-bond donors (Lipinski definition) is 0. The van der Waals surface area contributed by atoms with Gasteiger partial charge in [-0.05, 0) is 56.5 Å². The molecule has 1 atom stereocenters. The molecule has 0 saturated carbocycles. The molecule has 28 heavy (non-hydrogen) atoms. The van der Waals surface area contributed by atoms with Crippen molar-refractivity contribution < 1.29 is 13.9 Å². The molecule has 1 aromatic carbocycles. The zero-order valence-corrected chi connectivity index (χ0v) is 16.6. The van der Waals surface area contributed by atoms with Gasteiger partial charge in [0.1, 0.15) is 11.5 Å². The molecule has 2 saturated heterocycles. The summed E-state index contributed by atoms with van der Waals surface area (Å²) < 4.78 is 11.3. The minimum absolute atomic E-state index is 0.190. The fraction of sp³-hybridized carbons (Fsp3) is 0.545. The molecule has 1 aromatic heterocycles. The van der Waals surface area contributed by atoms with Crippen molar-refractivity contribution >= 4 is 5.91 Å². The largest absolute Gasteiger partial charge is 0.497 e. The van der Waals surface area contributed by atoms with Gasteiger partial charge in [0.05, 0.1) is 25.8 Å². The molecule has 2 aromatic rings. The van der Waals surface area contributed by atoms with Gasteiger partial charge in [0.25, 0.3) is 0 Å². The number of aromatic nitrogens is 1. The number of carbonyl (C=O) groups is 1. The van der Waals surface area contributed by atoms with E-state index in [0.717, 1.165) is 55.4 Å². The first kappa shape index (κ1) is 19.0. The fourth-order valence-corrected chi connectivity index (χ4v) is 4.21. The first-order valence-corrected chi connectivity index (χ1v) is 10.3. The van der Waals surface area contributed by atoms with Gasteiger partial charge in [0.15, 0.2) is 5.89 Å². The number of rotatable bonds is 6. The van der Waals surface area contributed by atoms with Gasteiger partial charge < -0.3 is 14.1 Å². The molecule has 150 valence electrons. The fourth-order valence-electron chi connectivity index (χ4n) is 4.21. The Morgan fingerprint density at radius 1 is 1.25 bits per heavy atom. The van der Waals surface area contributed by atoms with E-state index in [0.29, 0.717) is 19.5 Å². The average molecular weight is 383 g/mol. The van der Waals surface area contributed by atoms with Crippen molar-refractivity contribution in [3.05, 3.63) is 47.7 Å². The maximum absolute atomic E-state index is 12.7. The molecule has 3 heterocycles. The highest BCUT2D eigenvalue weighted by atomic mass is 16.5. The van der Waals surface area contributed by atoms with Crippen molar-refractivity contribution in [3.63, 3.8) is 0 Å². The molecular weight excluding hydrogens is 354 g/mol. The number of amides is 1. The van der Waals surface area contributed by atoms with Crippen LogP contribution in [0.5, 0.6) is 5.75 Å². The predicted molar refractivity (Wildman–Crippen MR) is 107 cm³/mol. The summed E-state index contributed by atoms with van der Waals surface area (Å²) in [6, 6.07) is 7.99. The maximum atomic E-state index is 12.7. The number of nitrogens with zero attached hydrogens (tertiary/aromatic N) is 3. The van der Waals surface area contributed by atoms with Crippen molar-refractivity contribution in [2.24, 2.45) is 0 Å². The van der Waals surface area contributed by atoms with Crippen LogP contribution in [0.15, 0.2) is 34.9 Å². The van der Waals surface area contributed by atoms with Crippen molar-refractivity contribution in [2.45, 2.75) is 38.0 Å². The van der Waals surface area contributed by atoms with E-state index >= 15 is 0 Å². The Hall–Kier alpha value is -2.34. The number of oxazole rings is 1. The second-order valence-electron chi connectivity index (χ2n) is 7.86. The van der Waals surface area contributed by atoms with Gasteiger partial charge in [-0.2, -0.15) is 0 Å². The first-order chi connectivity index (χ1) is 13.7. The third kappa shape index (κ3) is 4.55. The highest BCUT2D eigenvalue weighted by Crippen LogP contribution is 2.28. The molecule has 2 aliphatic heterocycles. The number of hydrogen-bond acceptors (Lipinski definition) is 5. The number of piperidine rings is 1. The maximum Gasteiger partial charge on any atom is 0.236 e. The highest BCUT2D eigenvalue weighted by molar-refractivity contribution is 5.78. The topological polar surface area (TPSA) is 58.8 Å². The van der Waals surface area contributed by atoms with E-state index in [1.807, 2.05) is 29.3 Å². The van der Waals surface area contributed by atoms with E-state index in [4.69, 9.17) is 9.15 Å². The Labute approximate surface area is 166 Å². The summed E-state index contributed by atoms with van der Waals surface area (Å²) in [5, 5.41) is 0. The van der Waals surface area contributed by atoms with E-state index in [1.165, 1.54) is 12.8 Å². The molecule has 0 radical (unpaired) electrons. The van der Waals surface area contributed by atoms with Crippen LogP contribution in [-0.4, -0.2) is 60.5 Å². The minimum Gasteiger partial charge on any atom is -0.497 e. The SMILES string of the molecule is COc1cccc(Cc2cnc([C@H]3CCCN(C(=O)CN4CCCC4)C3)o2)c1. The van der Waals surface area contributed by atoms with Crippen LogP contribution in [-0.2, 0) is 11.2 Å². The summed E-state index contributed by atoms with van der Waals surface area (Å²) >= 11 is 0. The van der Waals surface area contributed by atoms with E-state index in [2.05, 4.69) is 16.0 Å². The van der Waals surface area contributed by atoms with Gasteiger partial charge in [-0.25, -0.2) is 4.98 Å². The van der Waals surface area contributed by atoms with Crippen molar-refractivity contribution in [2.75, 3.05) is 39.8 Å². The third-order valence-electron chi connectivity index (χ3n) is 5.76. The lowest BCUT2D eigenvalue weighted by molar-refractivity contribution is -0.133. The second kappa shape index (κ2) is 8.78. The molecule has 0 unspecified atom stereocenters. The lowest BCUT2D eigenvalue weighted by Crippen LogP contribution is -2.44. The Balaban J connectivity index is 1.36. The molecule has 2 fully saturated rings. The molecule has 2 aliphatic rings. The van der Waals surface area contributed by atoms with Crippen LogP contribution in [0.1, 0.15) is 48.8 Å². The van der Waals surface area contributed by atoms with Crippen LogP contribution in [0.25, 0.3) is 0 Å². The smallest absolute Gasteiger partial charge is 0.236 e. The van der Waals surface area contributed by atoms with Gasteiger partial charge >= 0.3 is 0 Å². The molecule has 0 spiro atoms. The van der Waals surface area contributed by atoms with Crippen molar-refractivity contribution in [1.82, 2.24) is 14.8 Å². The summed E-state index contributed by atoms with van der Waals surface area (Å²) in [4.78, 5) is 21.5. The lowest BCUT2D eigenvalue weighted by atomic mass is 9.98. The van der Waals surface area contributed by atoms with E-state index in [-0.39, 0.29) is 11.8 Å². The van der Waals surface area contributed by atoms with Gasteiger partial charge in [-0.15, -0.1) is 0 Å². The molecule has 0 bridgehead atoms. The molecule has 1 amide bonds. The van der Waals surface area contributed by atoms with Gasteiger partial charge in [-0.3, -0.25) is 9.69 Å². The minimum atomic E-state index is 0.190. The zero-order valence-electron chi connectivity index (χ0n) is 16.6. The average Bonchev–Trinajstić information content (AvgIpc) is 3.40. The van der Waals surface area contributed by atoms with Crippen LogP contribution in [0.4, 0.5) is 0 Å². The van der Waals surface area contributed by atoms with Crippen LogP contribution in [0, 0.1) is 0 Å². The molecule has 4 rings (SSSR count). The van der Waals surface area contributed by atoms with E-state index < -0.39 is 0 Å². The summed E-state index contributed by atoms with van der Waals surface area (Å²) in [7, 11) is 1.67. The van der Waals surface area contributed by atoms with Gasteiger partial charge in [0, 0.05) is 19.5 Å². The number of likely N-dealkylation sites (tertiary alicyclic amines) is 2. The highest BCUT2D eigenvalue weighted by Gasteiger charge is 2.29. The van der Waals surface area contributed by atoms with Crippen LogP contribution >= 0.6 is 0 Å². The first-order valence-electron chi connectivity index (χ1n) is 10.3. The van der Waals surface area contributed by atoms with Gasteiger partial charge in [0.2, 0.25) is 5.91 Å². The number of ether oxygens (including phenoxy) is 1. The van der Waals surface area contributed by atoms with Gasteiger partial charge in [-0.1, -0.05) is 12.1 Å². The Bertz CT molecular complexity index is 798. The predicted octanol–water partition coefficient (Wildman–Crippen LogP) is 3.08. The third-order valence-corrected chi connectivity index (χ3v) is 5.76. The molecule has 6 heteroatoms. The summed E-state index contributed by atoms with van der Waals surface area (Å²) in [5.41, 5.74) is 1.13. The van der Waals surface area contributed by atoms with E-state index in [1.54, 1.807) is 7.11 Å². The lowest BCUT2D eigenvalue weighted by Gasteiger charge is -2.32. The molecule has 6 nitrogen and oxygen atoms in total. The Morgan fingerprint density at radius 2 is 2.11 bits per heavy atom. The second-order valence-corrected chi connectivity index (χ2v) is 7.86.